The van der Waals surface area contributed by atoms with Crippen LogP contribution in [0.5, 0.6) is 0 Å². The highest BCUT2D eigenvalue weighted by atomic mass is 32.1. The van der Waals surface area contributed by atoms with Gasteiger partial charge in [-0.05, 0) is 52.8 Å². The lowest BCUT2D eigenvalue weighted by molar-refractivity contribution is -0.115. The van der Waals surface area contributed by atoms with Gasteiger partial charge < -0.3 is 9.88 Å². The van der Waals surface area contributed by atoms with Crippen LogP contribution in [0, 0.1) is 20.8 Å². The minimum Gasteiger partial charge on any atom is -0.346 e. The summed E-state index contributed by atoms with van der Waals surface area (Å²) >= 11 is 1.54. The number of nitrogens with zero attached hydrogens (tertiary/aromatic N) is 2. The second-order valence-corrected chi connectivity index (χ2v) is 7.91. The highest BCUT2D eigenvalue weighted by Gasteiger charge is 2.16. The highest BCUT2D eigenvalue weighted by molar-refractivity contribution is 7.10. The van der Waals surface area contributed by atoms with Crippen LogP contribution in [0.15, 0.2) is 35.7 Å². The van der Waals surface area contributed by atoms with Gasteiger partial charge in [0.2, 0.25) is 5.91 Å². The van der Waals surface area contributed by atoms with E-state index in [1.807, 2.05) is 36.6 Å². The second-order valence-electron chi connectivity index (χ2n) is 6.97. The molecule has 5 heteroatoms. The number of nitrogens with one attached hydrogen (secondary N) is 1. The SMILES string of the molecule is Cc1ccc(NC(=O)Cc2nc(-c3cc(C)n(C(C)C)c3C)cs2)cc1. The highest BCUT2D eigenvalue weighted by Crippen LogP contribution is 2.30. The monoisotopic (exact) mass is 367 g/mol. The Bertz CT molecular complexity index is 919. The molecule has 2 aromatic heterocycles. The Morgan fingerprint density at radius 2 is 1.88 bits per heavy atom. The van der Waals surface area contributed by atoms with Gasteiger partial charge in [0, 0.05) is 34.1 Å². The summed E-state index contributed by atoms with van der Waals surface area (Å²) in [5.74, 6) is -0.0394. The van der Waals surface area contributed by atoms with Gasteiger partial charge in [0.1, 0.15) is 5.01 Å². The van der Waals surface area contributed by atoms with E-state index in [1.54, 1.807) is 0 Å². The summed E-state index contributed by atoms with van der Waals surface area (Å²) in [5.41, 5.74) is 6.55. The molecule has 0 aliphatic heterocycles. The molecule has 0 aliphatic carbocycles. The molecule has 0 saturated heterocycles. The van der Waals surface area contributed by atoms with E-state index in [0.29, 0.717) is 12.5 Å². The van der Waals surface area contributed by atoms with E-state index in [1.165, 1.54) is 28.3 Å². The molecular formula is C21H25N3OS. The summed E-state index contributed by atoms with van der Waals surface area (Å²) in [4.78, 5) is 17.0. The first-order chi connectivity index (χ1) is 12.3. The minimum atomic E-state index is -0.0394. The zero-order valence-electron chi connectivity index (χ0n) is 16.0. The van der Waals surface area contributed by atoms with Crippen LogP contribution >= 0.6 is 11.3 Å². The number of aromatic nitrogens is 2. The van der Waals surface area contributed by atoms with Crippen molar-refractivity contribution in [2.75, 3.05) is 5.32 Å². The van der Waals surface area contributed by atoms with Crippen LogP contribution in [0.25, 0.3) is 11.3 Å². The summed E-state index contributed by atoms with van der Waals surface area (Å²) in [6, 6.07) is 10.4. The molecule has 3 aromatic rings. The summed E-state index contributed by atoms with van der Waals surface area (Å²) in [5, 5.41) is 5.80. The van der Waals surface area contributed by atoms with Crippen molar-refractivity contribution in [1.29, 1.82) is 0 Å². The molecule has 1 amide bonds. The van der Waals surface area contributed by atoms with Crippen LogP contribution in [0.3, 0.4) is 0 Å². The molecule has 0 spiro atoms. The zero-order chi connectivity index (χ0) is 18.8. The van der Waals surface area contributed by atoms with E-state index in [9.17, 15) is 4.79 Å². The first-order valence-corrected chi connectivity index (χ1v) is 9.73. The molecule has 0 atom stereocenters. The van der Waals surface area contributed by atoms with E-state index in [4.69, 9.17) is 4.98 Å². The molecule has 0 fully saturated rings. The maximum absolute atomic E-state index is 12.3. The Morgan fingerprint density at radius 1 is 1.19 bits per heavy atom. The zero-order valence-corrected chi connectivity index (χ0v) is 16.8. The van der Waals surface area contributed by atoms with Crippen LogP contribution in [-0.2, 0) is 11.2 Å². The van der Waals surface area contributed by atoms with Crippen molar-refractivity contribution in [3.05, 3.63) is 57.7 Å². The molecule has 0 unspecified atom stereocenters. The lowest BCUT2D eigenvalue weighted by atomic mass is 10.2. The maximum Gasteiger partial charge on any atom is 0.231 e. The summed E-state index contributed by atoms with van der Waals surface area (Å²) in [7, 11) is 0. The van der Waals surface area contributed by atoms with Crippen LogP contribution < -0.4 is 5.32 Å². The number of rotatable bonds is 5. The molecular weight excluding hydrogens is 342 g/mol. The van der Waals surface area contributed by atoms with Gasteiger partial charge in [0.05, 0.1) is 12.1 Å². The average Bonchev–Trinajstić information content (AvgIpc) is 3.13. The fourth-order valence-corrected chi connectivity index (χ4v) is 4.12. The van der Waals surface area contributed by atoms with Crippen LogP contribution in [0.4, 0.5) is 5.69 Å². The smallest absolute Gasteiger partial charge is 0.231 e. The number of hydrogen-bond acceptors (Lipinski definition) is 3. The van der Waals surface area contributed by atoms with Gasteiger partial charge in [-0.25, -0.2) is 4.98 Å². The Hall–Kier alpha value is -2.40. The van der Waals surface area contributed by atoms with Crippen molar-refractivity contribution in [2.45, 2.75) is 47.1 Å². The van der Waals surface area contributed by atoms with Crippen molar-refractivity contribution < 1.29 is 4.79 Å². The molecule has 0 bridgehead atoms. The summed E-state index contributed by atoms with van der Waals surface area (Å²) in [6.45, 7) is 10.7. The van der Waals surface area contributed by atoms with Gasteiger partial charge in [-0.15, -0.1) is 11.3 Å². The lowest BCUT2D eigenvalue weighted by Gasteiger charge is -2.13. The minimum absolute atomic E-state index is 0.0394. The standard InChI is InChI=1S/C21H25N3OS/c1-13(2)24-15(4)10-18(16(24)5)19-12-26-21(23-19)11-20(25)22-17-8-6-14(3)7-9-17/h6-10,12-13H,11H2,1-5H3,(H,22,25). The van der Waals surface area contributed by atoms with Gasteiger partial charge in [-0.3, -0.25) is 4.79 Å². The van der Waals surface area contributed by atoms with Crippen molar-refractivity contribution in [2.24, 2.45) is 0 Å². The number of hydrogen-bond donors (Lipinski definition) is 1. The molecule has 26 heavy (non-hydrogen) atoms. The predicted molar refractivity (Wildman–Crippen MR) is 109 cm³/mol. The molecule has 1 aromatic carbocycles. The van der Waals surface area contributed by atoms with Crippen LogP contribution in [-0.4, -0.2) is 15.5 Å². The van der Waals surface area contributed by atoms with Gasteiger partial charge in [-0.2, -0.15) is 0 Å². The number of benzene rings is 1. The first-order valence-electron chi connectivity index (χ1n) is 8.85. The quantitative estimate of drug-likeness (QED) is 0.665. The Balaban J connectivity index is 1.73. The molecule has 4 nitrogen and oxygen atoms in total. The predicted octanol–water partition coefficient (Wildman–Crippen LogP) is 5.30. The number of anilines is 1. The Labute approximate surface area is 158 Å². The van der Waals surface area contributed by atoms with Crippen LogP contribution in [0.2, 0.25) is 0 Å². The molecule has 2 heterocycles. The van der Waals surface area contributed by atoms with Crippen molar-refractivity contribution in [1.82, 2.24) is 9.55 Å². The third kappa shape index (κ3) is 3.88. The van der Waals surface area contributed by atoms with E-state index < -0.39 is 0 Å². The fraction of sp³-hybridized carbons (Fsp3) is 0.333. The molecule has 0 saturated carbocycles. The van der Waals surface area contributed by atoms with E-state index in [-0.39, 0.29) is 5.91 Å². The largest absolute Gasteiger partial charge is 0.346 e. The van der Waals surface area contributed by atoms with E-state index in [2.05, 4.69) is 43.6 Å². The van der Waals surface area contributed by atoms with Crippen molar-refractivity contribution in [3.8, 4) is 11.3 Å². The maximum atomic E-state index is 12.3. The Morgan fingerprint density at radius 3 is 2.50 bits per heavy atom. The van der Waals surface area contributed by atoms with Crippen molar-refractivity contribution in [3.63, 3.8) is 0 Å². The van der Waals surface area contributed by atoms with E-state index >= 15 is 0 Å². The number of carbonyl (C=O) groups is 1. The molecule has 0 radical (unpaired) electrons. The Kier molecular flexibility index (Phi) is 5.28. The van der Waals surface area contributed by atoms with Gasteiger partial charge in [0.25, 0.3) is 0 Å². The second kappa shape index (κ2) is 7.46. The average molecular weight is 368 g/mol. The number of thiazole rings is 1. The summed E-state index contributed by atoms with van der Waals surface area (Å²) in [6.07, 6.45) is 0.293. The fourth-order valence-electron chi connectivity index (χ4n) is 3.33. The number of aryl methyl sites for hydroxylation is 2. The first kappa shape index (κ1) is 18.4. The molecule has 0 aliphatic rings. The van der Waals surface area contributed by atoms with E-state index in [0.717, 1.165) is 22.0 Å². The van der Waals surface area contributed by atoms with Gasteiger partial charge in [-0.1, -0.05) is 17.7 Å². The molecule has 3 rings (SSSR count). The summed E-state index contributed by atoms with van der Waals surface area (Å²) < 4.78 is 2.32. The van der Waals surface area contributed by atoms with Crippen LogP contribution in [0.1, 0.15) is 41.8 Å². The molecule has 136 valence electrons. The normalized spacial score (nSPS) is 11.2. The lowest BCUT2D eigenvalue weighted by Crippen LogP contribution is -2.14. The van der Waals surface area contributed by atoms with Gasteiger partial charge >= 0.3 is 0 Å². The van der Waals surface area contributed by atoms with Gasteiger partial charge in [0.15, 0.2) is 0 Å². The third-order valence-electron chi connectivity index (χ3n) is 4.48. The molecule has 1 N–H and O–H groups in total. The van der Waals surface area contributed by atoms with Crippen molar-refractivity contribution >= 4 is 22.9 Å². The third-order valence-corrected chi connectivity index (χ3v) is 5.32. The topological polar surface area (TPSA) is 46.9 Å². The number of amides is 1. The number of carbonyl (C=O) groups excluding carboxylic acids is 1.